The highest BCUT2D eigenvalue weighted by atomic mass is 79.9. The number of hydrogen-bond acceptors (Lipinski definition) is 4. The summed E-state index contributed by atoms with van der Waals surface area (Å²) in [6.45, 7) is 3.96. The average molecular weight is 649 g/mol. The van der Waals surface area contributed by atoms with Gasteiger partial charge in [0.2, 0.25) is 21.8 Å². The van der Waals surface area contributed by atoms with Crippen LogP contribution >= 0.6 is 27.5 Å². The van der Waals surface area contributed by atoms with Crippen molar-refractivity contribution in [3.05, 3.63) is 99.0 Å². The van der Waals surface area contributed by atoms with Gasteiger partial charge >= 0.3 is 0 Å². The summed E-state index contributed by atoms with van der Waals surface area (Å²) in [5, 5.41) is 3.36. The first-order valence-electron chi connectivity index (χ1n) is 13.1. The number of carbonyl (C=O) groups is 2. The van der Waals surface area contributed by atoms with Crippen LogP contribution in [-0.4, -0.2) is 50.5 Å². The lowest BCUT2D eigenvalue weighted by atomic mass is 10.0. The largest absolute Gasteiger partial charge is 0.354 e. The Labute approximate surface area is 250 Å². The fourth-order valence-corrected chi connectivity index (χ4v) is 5.71. The highest BCUT2D eigenvalue weighted by Crippen LogP contribution is 2.26. The number of aryl methyl sites for hydroxylation is 1. The number of sulfonamides is 1. The Morgan fingerprint density at radius 1 is 1.00 bits per heavy atom. The van der Waals surface area contributed by atoms with Crippen LogP contribution in [0.3, 0.4) is 0 Å². The number of hydrogen-bond donors (Lipinski definition) is 1. The molecule has 3 aromatic rings. The molecule has 0 heterocycles. The zero-order valence-electron chi connectivity index (χ0n) is 22.9. The maximum Gasteiger partial charge on any atom is 0.244 e. The van der Waals surface area contributed by atoms with Gasteiger partial charge in [-0.2, -0.15) is 0 Å². The lowest BCUT2D eigenvalue weighted by Gasteiger charge is -2.33. The minimum Gasteiger partial charge on any atom is -0.354 e. The Balaban J connectivity index is 2.04. The van der Waals surface area contributed by atoms with Crippen LogP contribution < -0.4 is 9.62 Å². The molecule has 2 amide bonds. The zero-order chi connectivity index (χ0) is 29.3. The predicted molar refractivity (Wildman–Crippen MR) is 165 cm³/mol. The van der Waals surface area contributed by atoms with Crippen LogP contribution in [0.5, 0.6) is 0 Å². The number of halogens is 2. The molecular weight excluding hydrogens is 614 g/mol. The third-order valence-electron chi connectivity index (χ3n) is 6.47. The van der Waals surface area contributed by atoms with E-state index in [2.05, 4.69) is 21.2 Å². The molecule has 3 aromatic carbocycles. The van der Waals surface area contributed by atoms with Crippen molar-refractivity contribution in [2.24, 2.45) is 0 Å². The monoisotopic (exact) mass is 647 g/mol. The summed E-state index contributed by atoms with van der Waals surface area (Å²) in [6, 6.07) is 20.9. The molecule has 0 aromatic heterocycles. The van der Waals surface area contributed by atoms with E-state index in [1.165, 1.54) is 11.0 Å². The van der Waals surface area contributed by atoms with Crippen LogP contribution in [0, 0.1) is 6.92 Å². The highest BCUT2D eigenvalue weighted by molar-refractivity contribution is 9.10. The number of amides is 2. The van der Waals surface area contributed by atoms with Crippen molar-refractivity contribution < 1.29 is 18.0 Å². The van der Waals surface area contributed by atoms with E-state index in [-0.39, 0.29) is 24.6 Å². The van der Waals surface area contributed by atoms with E-state index in [0.29, 0.717) is 11.6 Å². The fraction of sp³-hybridized carbons (Fsp3) is 0.333. The first kappa shape index (κ1) is 31.6. The van der Waals surface area contributed by atoms with Gasteiger partial charge in [0.15, 0.2) is 0 Å². The van der Waals surface area contributed by atoms with Crippen LogP contribution in [-0.2, 0) is 32.6 Å². The molecule has 0 bridgehead atoms. The van der Waals surface area contributed by atoms with E-state index in [4.69, 9.17) is 11.6 Å². The van der Waals surface area contributed by atoms with Crippen LogP contribution in [0.15, 0.2) is 77.3 Å². The summed E-state index contributed by atoms with van der Waals surface area (Å²) in [4.78, 5) is 29.1. The number of nitrogens with zero attached hydrogens (tertiary/aromatic N) is 2. The topological polar surface area (TPSA) is 86.8 Å². The second-order valence-electron chi connectivity index (χ2n) is 9.70. The van der Waals surface area contributed by atoms with E-state index < -0.39 is 28.5 Å². The number of anilines is 1. The second-order valence-corrected chi connectivity index (χ2v) is 12.9. The molecule has 0 aliphatic carbocycles. The third kappa shape index (κ3) is 9.08. The lowest BCUT2D eigenvalue weighted by molar-refractivity contribution is -0.140. The van der Waals surface area contributed by atoms with E-state index in [0.717, 1.165) is 44.6 Å². The van der Waals surface area contributed by atoms with E-state index in [1.54, 1.807) is 12.1 Å². The van der Waals surface area contributed by atoms with Crippen molar-refractivity contribution in [1.82, 2.24) is 10.2 Å². The van der Waals surface area contributed by atoms with Gasteiger partial charge in [-0.1, -0.05) is 89.4 Å². The van der Waals surface area contributed by atoms with Gasteiger partial charge in [-0.3, -0.25) is 13.9 Å². The van der Waals surface area contributed by atoms with Gasteiger partial charge in [-0.15, -0.1) is 0 Å². The number of nitrogens with one attached hydrogen (secondary N) is 1. The first-order valence-corrected chi connectivity index (χ1v) is 16.1. The zero-order valence-corrected chi connectivity index (χ0v) is 26.1. The minimum absolute atomic E-state index is 0.114. The van der Waals surface area contributed by atoms with Crippen LogP contribution in [0.2, 0.25) is 5.02 Å². The van der Waals surface area contributed by atoms with Crippen molar-refractivity contribution in [3.63, 3.8) is 0 Å². The summed E-state index contributed by atoms with van der Waals surface area (Å²) >= 11 is 9.78. The molecule has 0 spiro atoms. The van der Waals surface area contributed by atoms with Gasteiger partial charge in [0, 0.05) is 29.0 Å². The maximum atomic E-state index is 14.1. The predicted octanol–water partition coefficient (Wildman–Crippen LogP) is 5.73. The maximum absolute atomic E-state index is 14.1. The van der Waals surface area contributed by atoms with Gasteiger partial charge in [-0.05, 0) is 54.3 Å². The Hall–Kier alpha value is -2.88. The number of unbranched alkanes of at least 4 members (excludes halogenated alkanes) is 1. The SMILES string of the molecule is CCCCNC(=O)[C@@H](Cc1ccccc1)N(Cc1cccc(Br)c1)C(=O)CN(c1ccc(C)c(Cl)c1)S(C)(=O)=O. The van der Waals surface area contributed by atoms with Gasteiger partial charge < -0.3 is 10.2 Å². The molecule has 40 heavy (non-hydrogen) atoms. The molecular formula is C30H35BrClN3O4S. The quantitative estimate of drug-likeness (QED) is 0.240. The van der Waals surface area contributed by atoms with Crippen molar-refractivity contribution in [2.45, 2.75) is 45.7 Å². The lowest BCUT2D eigenvalue weighted by Crippen LogP contribution is -2.53. The highest BCUT2D eigenvalue weighted by Gasteiger charge is 2.33. The molecule has 0 fully saturated rings. The van der Waals surface area contributed by atoms with E-state index in [1.807, 2.05) is 68.4 Å². The average Bonchev–Trinajstić information content (AvgIpc) is 2.91. The number of rotatable bonds is 13. The van der Waals surface area contributed by atoms with E-state index >= 15 is 0 Å². The van der Waals surface area contributed by atoms with E-state index in [9.17, 15) is 18.0 Å². The van der Waals surface area contributed by atoms with Crippen LogP contribution in [0.4, 0.5) is 5.69 Å². The van der Waals surface area contributed by atoms with Crippen molar-refractivity contribution in [2.75, 3.05) is 23.7 Å². The third-order valence-corrected chi connectivity index (χ3v) is 8.51. The molecule has 3 rings (SSSR count). The molecule has 0 radical (unpaired) electrons. The second kappa shape index (κ2) is 14.7. The summed E-state index contributed by atoms with van der Waals surface area (Å²) < 4.78 is 27.6. The Bertz CT molecular complexity index is 1420. The molecule has 0 saturated heterocycles. The van der Waals surface area contributed by atoms with Gasteiger partial charge in [0.05, 0.1) is 11.9 Å². The summed E-state index contributed by atoms with van der Waals surface area (Å²) in [5.74, 6) is -0.793. The number of benzene rings is 3. The normalized spacial score (nSPS) is 12.0. The fourth-order valence-electron chi connectivity index (χ4n) is 4.24. The molecule has 0 aliphatic heterocycles. The molecule has 1 N–H and O–H groups in total. The molecule has 0 unspecified atom stereocenters. The molecule has 0 saturated carbocycles. The molecule has 214 valence electrons. The minimum atomic E-state index is -3.86. The molecule has 7 nitrogen and oxygen atoms in total. The summed E-state index contributed by atoms with van der Waals surface area (Å²) in [5.41, 5.74) is 2.75. The Morgan fingerprint density at radius 3 is 2.33 bits per heavy atom. The smallest absolute Gasteiger partial charge is 0.244 e. The van der Waals surface area contributed by atoms with Crippen molar-refractivity contribution in [3.8, 4) is 0 Å². The van der Waals surface area contributed by atoms with Crippen LogP contribution in [0.1, 0.15) is 36.5 Å². The first-order chi connectivity index (χ1) is 19.0. The van der Waals surface area contributed by atoms with Crippen LogP contribution in [0.25, 0.3) is 0 Å². The molecule has 0 aliphatic rings. The summed E-state index contributed by atoms with van der Waals surface area (Å²) in [6.07, 6.45) is 3.03. The van der Waals surface area contributed by atoms with Gasteiger partial charge in [0.25, 0.3) is 0 Å². The standard InChI is InChI=1S/C30H35BrClN3O4S/c1-4-5-16-33-30(37)28(18-23-10-7-6-8-11-23)34(20-24-12-9-13-25(31)17-24)29(36)21-35(40(3,38)39)26-15-14-22(2)27(32)19-26/h6-15,17,19,28H,4-5,16,18,20-21H2,1-3H3,(H,33,37)/t28-/m1/s1. The van der Waals surface area contributed by atoms with Gasteiger partial charge in [0.1, 0.15) is 12.6 Å². The van der Waals surface area contributed by atoms with Crippen molar-refractivity contribution >= 4 is 55.1 Å². The Kier molecular flexibility index (Phi) is 11.6. The number of carbonyl (C=O) groups excluding carboxylic acids is 2. The molecule has 10 heteroatoms. The van der Waals surface area contributed by atoms with Crippen molar-refractivity contribution in [1.29, 1.82) is 0 Å². The van der Waals surface area contributed by atoms with Gasteiger partial charge in [-0.25, -0.2) is 8.42 Å². The summed E-state index contributed by atoms with van der Waals surface area (Å²) in [7, 11) is -3.86. The Morgan fingerprint density at radius 2 is 1.70 bits per heavy atom. The molecule has 1 atom stereocenters.